The Morgan fingerprint density at radius 3 is 2.58 bits per heavy atom. The number of carbonyl (C=O) groups is 2. The number of nitrogens with zero attached hydrogens (tertiary/aromatic N) is 2. The molecule has 1 atom stereocenters. The highest BCUT2D eigenvalue weighted by molar-refractivity contribution is 5.92. The minimum atomic E-state index is 0.00988. The Morgan fingerprint density at radius 2 is 1.92 bits per heavy atom. The van der Waals surface area contributed by atoms with Gasteiger partial charge in [-0.3, -0.25) is 14.5 Å². The van der Waals surface area contributed by atoms with Crippen LogP contribution < -0.4 is 5.32 Å². The maximum atomic E-state index is 12.3. The Balaban J connectivity index is 1.50. The molecule has 1 N–H and O–H groups in total. The number of piperidine rings is 1. The van der Waals surface area contributed by atoms with Crippen LogP contribution in [0.1, 0.15) is 31.2 Å². The van der Waals surface area contributed by atoms with Crippen LogP contribution in [0, 0.1) is 12.8 Å². The average molecular weight is 329 g/mol. The fourth-order valence-corrected chi connectivity index (χ4v) is 3.33. The number of nitrogens with one attached hydrogen (secondary N) is 1. The Kier molecular flexibility index (Phi) is 5.19. The van der Waals surface area contributed by atoms with Gasteiger partial charge in [0, 0.05) is 31.2 Å². The predicted molar refractivity (Wildman–Crippen MR) is 94.8 cm³/mol. The van der Waals surface area contributed by atoms with Crippen molar-refractivity contribution in [2.75, 3.05) is 32.0 Å². The zero-order valence-corrected chi connectivity index (χ0v) is 14.6. The molecule has 1 aliphatic heterocycles. The van der Waals surface area contributed by atoms with Crippen molar-refractivity contribution in [1.29, 1.82) is 0 Å². The van der Waals surface area contributed by atoms with Crippen molar-refractivity contribution in [3.8, 4) is 0 Å². The predicted octanol–water partition coefficient (Wildman–Crippen LogP) is 2.27. The highest BCUT2D eigenvalue weighted by Gasteiger charge is 2.35. The molecule has 0 spiro atoms. The number of amides is 2. The number of benzene rings is 1. The first-order valence-electron chi connectivity index (χ1n) is 8.88. The standard InChI is InChI=1S/C19H27N3O2/c1-14-5-9-16(10-6-14)20-18(23)13-22-11-3-4-17(12-22)21(2)19(24)15-7-8-15/h5-6,9-10,15,17H,3-4,7-8,11-13H2,1-2H3,(H,20,23). The largest absolute Gasteiger partial charge is 0.341 e. The van der Waals surface area contributed by atoms with E-state index in [1.54, 1.807) is 0 Å². The molecule has 1 unspecified atom stereocenters. The second-order valence-electron chi connectivity index (χ2n) is 7.17. The van der Waals surface area contributed by atoms with E-state index >= 15 is 0 Å². The number of carbonyl (C=O) groups excluding carboxylic acids is 2. The zero-order chi connectivity index (χ0) is 17.1. The maximum absolute atomic E-state index is 12.3. The summed E-state index contributed by atoms with van der Waals surface area (Å²) in [4.78, 5) is 28.6. The lowest BCUT2D eigenvalue weighted by molar-refractivity contribution is -0.134. The van der Waals surface area contributed by atoms with E-state index in [0.717, 1.165) is 44.5 Å². The molecule has 2 fully saturated rings. The molecule has 3 rings (SSSR count). The number of hydrogen-bond acceptors (Lipinski definition) is 3. The second kappa shape index (κ2) is 7.34. The summed E-state index contributed by atoms with van der Waals surface area (Å²) >= 11 is 0. The molecule has 1 aromatic rings. The first kappa shape index (κ1) is 17.0. The molecule has 0 radical (unpaired) electrons. The van der Waals surface area contributed by atoms with Crippen LogP contribution in [0.2, 0.25) is 0 Å². The fraction of sp³-hybridized carbons (Fsp3) is 0.579. The second-order valence-corrected chi connectivity index (χ2v) is 7.17. The molecule has 5 nitrogen and oxygen atoms in total. The normalized spacial score (nSPS) is 21.3. The van der Waals surface area contributed by atoms with Gasteiger partial charge in [0.15, 0.2) is 0 Å². The van der Waals surface area contributed by atoms with Crippen LogP contribution in [-0.2, 0) is 9.59 Å². The van der Waals surface area contributed by atoms with Crippen molar-refractivity contribution in [3.63, 3.8) is 0 Å². The van der Waals surface area contributed by atoms with Crippen molar-refractivity contribution >= 4 is 17.5 Å². The molecule has 2 aliphatic rings. The van der Waals surface area contributed by atoms with Crippen LogP contribution in [0.15, 0.2) is 24.3 Å². The summed E-state index contributed by atoms with van der Waals surface area (Å²) in [6.07, 6.45) is 4.15. The monoisotopic (exact) mass is 329 g/mol. The maximum Gasteiger partial charge on any atom is 0.238 e. The van der Waals surface area contributed by atoms with Gasteiger partial charge in [-0.1, -0.05) is 17.7 Å². The lowest BCUT2D eigenvalue weighted by Crippen LogP contribution is -2.50. The Bertz CT molecular complexity index is 595. The van der Waals surface area contributed by atoms with Gasteiger partial charge in [0.05, 0.1) is 6.54 Å². The van der Waals surface area contributed by atoms with E-state index in [2.05, 4.69) is 10.2 Å². The van der Waals surface area contributed by atoms with Crippen molar-refractivity contribution in [2.24, 2.45) is 5.92 Å². The third-order valence-corrected chi connectivity index (χ3v) is 5.01. The zero-order valence-electron chi connectivity index (χ0n) is 14.6. The van der Waals surface area contributed by atoms with Gasteiger partial charge in [0.1, 0.15) is 0 Å². The molecule has 1 saturated heterocycles. The summed E-state index contributed by atoms with van der Waals surface area (Å²) in [5.41, 5.74) is 2.01. The number of likely N-dealkylation sites (N-methyl/N-ethyl adjacent to an activating group) is 1. The van der Waals surface area contributed by atoms with E-state index in [4.69, 9.17) is 0 Å². The van der Waals surface area contributed by atoms with Crippen molar-refractivity contribution in [2.45, 2.75) is 38.6 Å². The average Bonchev–Trinajstić information content (AvgIpc) is 3.41. The number of rotatable bonds is 5. The Hall–Kier alpha value is -1.88. The van der Waals surface area contributed by atoms with E-state index in [1.165, 1.54) is 5.56 Å². The molecular formula is C19H27N3O2. The number of hydrogen-bond donors (Lipinski definition) is 1. The fourth-order valence-electron chi connectivity index (χ4n) is 3.33. The molecule has 0 aromatic heterocycles. The highest BCUT2D eigenvalue weighted by Crippen LogP contribution is 2.32. The third-order valence-electron chi connectivity index (χ3n) is 5.01. The van der Waals surface area contributed by atoms with Crippen LogP contribution in [-0.4, -0.2) is 54.3 Å². The molecule has 130 valence electrons. The van der Waals surface area contributed by atoms with E-state index in [1.807, 2.05) is 43.1 Å². The van der Waals surface area contributed by atoms with Crippen LogP contribution in [0.25, 0.3) is 0 Å². The van der Waals surface area contributed by atoms with Gasteiger partial charge in [0.2, 0.25) is 11.8 Å². The van der Waals surface area contributed by atoms with E-state index in [-0.39, 0.29) is 23.8 Å². The SMILES string of the molecule is Cc1ccc(NC(=O)CN2CCCC(N(C)C(=O)C3CC3)C2)cc1. The molecule has 5 heteroatoms. The van der Waals surface area contributed by atoms with Crippen molar-refractivity contribution in [3.05, 3.63) is 29.8 Å². The molecule has 24 heavy (non-hydrogen) atoms. The van der Waals surface area contributed by atoms with Crippen molar-refractivity contribution < 1.29 is 9.59 Å². The quantitative estimate of drug-likeness (QED) is 0.901. The van der Waals surface area contributed by atoms with E-state index in [0.29, 0.717) is 6.54 Å². The summed E-state index contributed by atoms with van der Waals surface area (Å²) in [5, 5.41) is 2.95. The lowest BCUT2D eigenvalue weighted by Gasteiger charge is -2.37. The Morgan fingerprint density at radius 1 is 1.21 bits per heavy atom. The number of likely N-dealkylation sites (tertiary alicyclic amines) is 1. The number of anilines is 1. The molecule has 1 saturated carbocycles. The van der Waals surface area contributed by atoms with E-state index in [9.17, 15) is 9.59 Å². The third kappa shape index (κ3) is 4.35. The summed E-state index contributed by atoms with van der Waals surface area (Å²) in [6, 6.07) is 8.07. The van der Waals surface area contributed by atoms with Crippen LogP contribution >= 0.6 is 0 Å². The van der Waals surface area contributed by atoms with Gasteiger partial charge < -0.3 is 10.2 Å². The van der Waals surface area contributed by atoms with Crippen LogP contribution in [0.5, 0.6) is 0 Å². The first-order valence-corrected chi connectivity index (χ1v) is 8.88. The van der Waals surface area contributed by atoms with Gasteiger partial charge in [-0.2, -0.15) is 0 Å². The molecule has 0 bridgehead atoms. The first-order chi connectivity index (χ1) is 11.5. The Labute approximate surface area is 144 Å². The van der Waals surface area contributed by atoms with Gasteiger partial charge >= 0.3 is 0 Å². The van der Waals surface area contributed by atoms with E-state index < -0.39 is 0 Å². The van der Waals surface area contributed by atoms with Gasteiger partial charge in [-0.25, -0.2) is 0 Å². The minimum absolute atomic E-state index is 0.00988. The molecule has 1 heterocycles. The summed E-state index contributed by atoms with van der Waals surface area (Å²) in [6.45, 7) is 4.12. The van der Waals surface area contributed by atoms with Crippen LogP contribution in [0.3, 0.4) is 0 Å². The van der Waals surface area contributed by atoms with Gasteiger partial charge in [-0.15, -0.1) is 0 Å². The summed E-state index contributed by atoms with van der Waals surface area (Å²) < 4.78 is 0. The van der Waals surface area contributed by atoms with Gasteiger partial charge in [-0.05, 0) is 51.3 Å². The summed E-state index contributed by atoms with van der Waals surface area (Å²) in [5.74, 6) is 0.553. The highest BCUT2D eigenvalue weighted by atomic mass is 16.2. The molecule has 1 aromatic carbocycles. The molecular weight excluding hydrogens is 302 g/mol. The minimum Gasteiger partial charge on any atom is -0.341 e. The topological polar surface area (TPSA) is 52.7 Å². The summed E-state index contributed by atoms with van der Waals surface area (Å²) in [7, 11) is 1.92. The number of aryl methyl sites for hydroxylation is 1. The van der Waals surface area contributed by atoms with Crippen molar-refractivity contribution in [1.82, 2.24) is 9.80 Å². The van der Waals surface area contributed by atoms with Crippen LogP contribution in [0.4, 0.5) is 5.69 Å². The lowest BCUT2D eigenvalue weighted by atomic mass is 10.0. The molecule has 1 aliphatic carbocycles. The van der Waals surface area contributed by atoms with Gasteiger partial charge in [0.25, 0.3) is 0 Å². The molecule has 2 amide bonds. The smallest absolute Gasteiger partial charge is 0.238 e.